The molecule has 3 aromatic rings. The average molecular weight is 537 g/mol. The van der Waals surface area contributed by atoms with Gasteiger partial charge < -0.3 is 10.6 Å². The maximum Gasteiger partial charge on any atom is 0.419 e. The lowest BCUT2D eigenvalue weighted by atomic mass is 9.87. The van der Waals surface area contributed by atoms with E-state index in [0.29, 0.717) is 18.9 Å². The van der Waals surface area contributed by atoms with E-state index in [4.69, 9.17) is 0 Å². The number of sulfonamides is 1. The van der Waals surface area contributed by atoms with E-state index in [-0.39, 0.29) is 47.4 Å². The van der Waals surface area contributed by atoms with Gasteiger partial charge in [-0.3, -0.25) is 4.68 Å². The zero-order valence-corrected chi connectivity index (χ0v) is 20.9. The molecule has 198 valence electrons. The molecule has 0 amide bonds. The third-order valence-electron chi connectivity index (χ3n) is 6.89. The number of aromatic nitrogens is 5. The van der Waals surface area contributed by atoms with Gasteiger partial charge in [-0.15, -0.1) is 0 Å². The highest BCUT2D eigenvalue weighted by atomic mass is 32.2. The lowest BCUT2D eigenvalue weighted by Gasteiger charge is -2.35. The van der Waals surface area contributed by atoms with Gasteiger partial charge in [-0.2, -0.15) is 22.6 Å². The van der Waals surface area contributed by atoms with Crippen molar-refractivity contribution in [3.05, 3.63) is 48.5 Å². The molecule has 0 bridgehead atoms. The SMILES string of the molecule is CN[C@H]1C[C@@H](n2cc(-c3nc(NC4CCN(S(=O)(=O)c5ccccn5)CC4)ncc3C(F)(F)F)cn2)C1. The van der Waals surface area contributed by atoms with Gasteiger partial charge in [0.2, 0.25) is 5.95 Å². The van der Waals surface area contributed by atoms with E-state index in [1.165, 1.54) is 22.8 Å². The Morgan fingerprint density at radius 2 is 1.81 bits per heavy atom. The van der Waals surface area contributed by atoms with Crippen LogP contribution in [0.5, 0.6) is 0 Å². The van der Waals surface area contributed by atoms with Crippen molar-refractivity contribution in [3.8, 4) is 11.3 Å². The van der Waals surface area contributed by atoms with Crippen LogP contribution in [0.15, 0.2) is 48.0 Å². The van der Waals surface area contributed by atoms with Crippen LogP contribution in [0, 0.1) is 0 Å². The Kier molecular flexibility index (Phi) is 6.89. The quantitative estimate of drug-likeness (QED) is 0.473. The molecule has 5 rings (SSSR count). The van der Waals surface area contributed by atoms with Crippen molar-refractivity contribution < 1.29 is 21.6 Å². The smallest absolute Gasteiger partial charge is 0.351 e. The highest BCUT2D eigenvalue weighted by Gasteiger charge is 2.37. The zero-order valence-electron chi connectivity index (χ0n) is 20.1. The monoisotopic (exact) mass is 536 g/mol. The maximum absolute atomic E-state index is 13.8. The van der Waals surface area contributed by atoms with Gasteiger partial charge in [0.05, 0.1) is 17.9 Å². The Hall–Kier alpha value is -3.10. The van der Waals surface area contributed by atoms with Crippen LogP contribution in [0.4, 0.5) is 19.1 Å². The maximum atomic E-state index is 13.8. The summed E-state index contributed by atoms with van der Waals surface area (Å²) in [7, 11) is -1.83. The molecule has 10 nitrogen and oxygen atoms in total. The number of pyridine rings is 1. The lowest BCUT2D eigenvalue weighted by molar-refractivity contribution is -0.137. The van der Waals surface area contributed by atoms with Crippen LogP contribution in [0.1, 0.15) is 37.3 Å². The first kappa shape index (κ1) is 25.5. The summed E-state index contributed by atoms with van der Waals surface area (Å²) in [5, 5.41) is 10.5. The van der Waals surface area contributed by atoms with Gasteiger partial charge in [0.25, 0.3) is 10.0 Å². The molecule has 2 fully saturated rings. The molecule has 0 aromatic carbocycles. The van der Waals surface area contributed by atoms with Crippen LogP contribution in [-0.4, -0.2) is 69.7 Å². The summed E-state index contributed by atoms with van der Waals surface area (Å²) in [6, 6.07) is 5.02. The molecule has 14 heteroatoms. The molecular weight excluding hydrogens is 509 g/mol. The average Bonchev–Trinajstić information content (AvgIpc) is 3.33. The molecule has 3 aromatic heterocycles. The van der Waals surface area contributed by atoms with Crippen molar-refractivity contribution in [1.29, 1.82) is 0 Å². The topological polar surface area (TPSA) is 118 Å². The zero-order chi connectivity index (χ0) is 26.2. The fourth-order valence-electron chi connectivity index (χ4n) is 4.63. The Bertz CT molecular complexity index is 1340. The van der Waals surface area contributed by atoms with E-state index in [0.717, 1.165) is 19.0 Å². The first-order valence-corrected chi connectivity index (χ1v) is 13.4. The summed E-state index contributed by atoms with van der Waals surface area (Å²) in [5.74, 6) is 0.0562. The van der Waals surface area contributed by atoms with Crippen LogP contribution in [0.3, 0.4) is 0 Å². The standard InChI is InChI=1S/C23H27F3N8O2S/c1-27-17-10-18(11-17)34-14-15(12-30-34)21-19(23(24,25)26)13-29-22(32-21)31-16-5-8-33(9-6-16)37(35,36)20-4-2-3-7-28-20/h2-4,7,12-14,16-18,27H,5-6,8-11H2,1H3,(H,29,31,32)/t17-,18+. The van der Waals surface area contributed by atoms with Crippen molar-refractivity contribution in [2.45, 2.75) is 55.0 Å². The molecule has 1 aliphatic heterocycles. The third-order valence-corrected chi connectivity index (χ3v) is 8.71. The van der Waals surface area contributed by atoms with Crippen LogP contribution in [0.2, 0.25) is 0 Å². The van der Waals surface area contributed by atoms with Gasteiger partial charge in [0.1, 0.15) is 5.56 Å². The second-order valence-corrected chi connectivity index (χ2v) is 11.1. The summed E-state index contributed by atoms with van der Waals surface area (Å²) >= 11 is 0. The Balaban J connectivity index is 1.30. The number of rotatable bonds is 7. The lowest BCUT2D eigenvalue weighted by Crippen LogP contribution is -2.42. The minimum absolute atomic E-state index is 0.0129. The first-order chi connectivity index (χ1) is 17.6. The Morgan fingerprint density at radius 3 is 2.46 bits per heavy atom. The molecule has 4 heterocycles. The van der Waals surface area contributed by atoms with Crippen LogP contribution in [-0.2, 0) is 16.2 Å². The summed E-state index contributed by atoms with van der Waals surface area (Å²) in [4.78, 5) is 12.1. The minimum atomic E-state index is -4.63. The molecule has 0 unspecified atom stereocenters. The summed E-state index contributed by atoms with van der Waals surface area (Å²) in [6.07, 6.45) is 3.17. The highest BCUT2D eigenvalue weighted by molar-refractivity contribution is 7.89. The fourth-order valence-corrected chi connectivity index (χ4v) is 6.03. The van der Waals surface area contributed by atoms with Crippen molar-refractivity contribution in [3.63, 3.8) is 0 Å². The molecule has 1 saturated heterocycles. The second kappa shape index (κ2) is 9.99. The normalized spacial score (nSPS) is 21.5. The van der Waals surface area contributed by atoms with Gasteiger partial charge in [0, 0.05) is 49.3 Å². The van der Waals surface area contributed by atoms with Gasteiger partial charge in [-0.25, -0.2) is 23.4 Å². The number of anilines is 1. The Morgan fingerprint density at radius 1 is 1.05 bits per heavy atom. The van der Waals surface area contributed by atoms with E-state index in [1.54, 1.807) is 23.0 Å². The van der Waals surface area contributed by atoms with Crippen molar-refractivity contribution in [2.24, 2.45) is 0 Å². The molecule has 0 spiro atoms. The largest absolute Gasteiger partial charge is 0.419 e. The van der Waals surface area contributed by atoms with Gasteiger partial charge in [-0.05, 0) is 44.9 Å². The van der Waals surface area contributed by atoms with E-state index in [1.807, 2.05) is 7.05 Å². The number of hydrogen-bond donors (Lipinski definition) is 2. The first-order valence-electron chi connectivity index (χ1n) is 12.0. The predicted octanol–water partition coefficient (Wildman–Crippen LogP) is 2.94. The number of nitrogens with one attached hydrogen (secondary N) is 2. The van der Waals surface area contributed by atoms with Crippen LogP contribution >= 0.6 is 0 Å². The van der Waals surface area contributed by atoms with Crippen molar-refractivity contribution in [2.75, 3.05) is 25.5 Å². The predicted molar refractivity (Wildman–Crippen MR) is 129 cm³/mol. The van der Waals surface area contributed by atoms with E-state index in [9.17, 15) is 21.6 Å². The Labute approximate surface area is 212 Å². The van der Waals surface area contributed by atoms with Crippen LogP contribution in [0.25, 0.3) is 11.3 Å². The molecule has 1 aliphatic carbocycles. The minimum Gasteiger partial charge on any atom is -0.351 e. The summed E-state index contributed by atoms with van der Waals surface area (Å²) in [6.45, 7) is 0.484. The number of nitrogens with zero attached hydrogens (tertiary/aromatic N) is 6. The molecule has 0 atom stereocenters. The molecule has 2 aliphatic rings. The van der Waals surface area contributed by atoms with E-state index >= 15 is 0 Å². The molecule has 2 N–H and O–H groups in total. The van der Waals surface area contributed by atoms with E-state index < -0.39 is 21.8 Å². The van der Waals surface area contributed by atoms with Gasteiger partial charge in [0.15, 0.2) is 5.03 Å². The van der Waals surface area contributed by atoms with Crippen LogP contribution < -0.4 is 10.6 Å². The fraction of sp³-hybridized carbons (Fsp3) is 0.478. The van der Waals surface area contributed by atoms with Crippen molar-refractivity contribution >= 4 is 16.0 Å². The summed E-state index contributed by atoms with van der Waals surface area (Å²) in [5.41, 5.74) is -0.909. The molecule has 37 heavy (non-hydrogen) atoms. The number of alkyl halides is 3. The molecular formula is C23H27F3N8O2S. The van der Waals surface area contributed by atoms with Gasteiger partial charge >= 0.3 is 6.18 Å². The number of halogens is 3. The molecule has 0 radical (unpaired) electrons. The van der Waals surface area contributed by atoms with E-state index in [2.05, 4.69) is 30.7 Å². The number of hydrogen-bond acceptors (Lipinski definition) is 8. The van der Waals surface area contributed by atoms with Crippen molar-refractivity contribution in [1.82, 2.24) is 34.4 Å². The molecule has 1 saturated carbocycles. The highest BCUT2D eigenvalue weighted by Crippen LogP contribution is 2.38. The summed E-state index contributed by atoms with van der Waals surface area (Å²) < 4.78 is 69.9. The number of piperidine rings is 1. The van der Waals surface area contributed by atoms with Gasteiger partial charge in [-0.1, -0.05) is 6.07 Å². The third kappa shape index (κ3) is 5.31. The second-order valence-electron chi connectivity index (χ2n) is 9.26.